The van der Waals surface area contributed by atoms with Crippen molar-refractivity contribution in [3.8, 4) is 0 Å². The minimum absolute atomic E-state index is 0.0131. The number of hydrogen-bond acceptors (Lipinski definition) is 1. The van der Waals surface area contributed by atoms with Gasteiger partial charge in [0.1, 0.15) is 0 Å². The summed E-state index contributed by atoms with van der Waals surface area (Å²) in [4.78, 5) is 12.4. The number of amides is 1. The van der Waals surface area contributed by atoms with Gasteiger partial charge in [-0.15, -0.1) is 0 Å². The first-order valence-electron chi connectivity index (χ1n) is 7.17. The van der Waals surface area contributed by atoms with Crippen molar-refractivity contribution in [2.24, 2.45) is 5.92 Å². The first kappa shape index (κ1) is 16.0. The fraction of sp³-hybridized carbons (Fsp3) is 0.278. The van der Waals surface area contributed by atoms with Crippen LogP contribution in [0.5, 0.6) is 0 Å². The van der Waals surface area contributed by atoms with Gasteiger partial charge in [-0.1, -0.05) is 44.2 Å². The Kier molecular flexibility index (Phi) is 5.79. The molecule has 0 aliphatic rings. The van der Waals surface area contributed by atoms with Crippen LogP contribution in [0.4, 0.5) is 0 Å². The van der Waals surface area contributed by atoms with Gasteiger partial charge in [0.25, 0.3) is 5.91 Å². The van der Waals surface area contributed by atoms with Gasteiger partial charge in [0.2, 0.25) is 0 Å². The van der Waals surface area contributed by atoms with Gasteiger partial charge in [0.05, 0.1) is 6.04 Å². The Labute approximate surface area is 140 Å². The number of carbonyl (C=O) groups excluding carboxylic acids is 1. The lowest BCUT2D eigenvalue weighted by atomic mass is 9.96. The number of nitrogens with one attached hydrogen (secondary N) is 1. The second-order valence-corrected chi connectivity index (χ2v) is 6.82. The van der Waals surface area contributed by atoms with Crippen molar-refractivity contribution in [2.75, 3.05) is 0 Å². The molecule has 2 rings (SSSR count). The summed E-state index contributed by atoms with van der Waals surface area (Å²) in [5.41, 5.74) is 1.87. The Bertz CT molecular complexity index is 578. The minimum Gasteiger partial charge on any atom is -0.345 e. The highest BCUT2D eigenvalue weighted by Gasteiger charge is 2.16. The summed E-state index contributed by atoms with van der Waals surface area (Å²) in [6.07, 6.45) is 0.931. The third-order valence-corrected chi connectivity index (χ3v) is 4.04. The van der Waals surface area contributed by atoms with Crippen LogP contribution in [0.3, 0.4) is 0 Å². The Hall–Kier alpha value is -1.36. The molecule has 0 saturated heterocycles. The molecule has 3 heteroatoms. The molecule has 0 fully saturated rings. The van der Waals surface area contributed by atoms with Crippen LogP contribution in [-0.2, 0) is 0 Å². The van der Waals surface area contributed by atoms with Crippen LogP contribution in [0, 0.1) is 9.49 Å². The SMILES string of the molecule is CC(C)C[C@@H](NC(=O)c1ccc(I)cc1)c1ccccc1. The second kappa shape index (κ2) is 7.59. The van der Waals surface area contributed by atoms with Crippen LogP contribution >= 0.6 is 22.6 Å². The molecule has 0 radical (unpaired) electrons. The third kappa shape index (κ3) is 4.84. The molecule has 0 aliphatic heterocycles. The van der Waals surface area contributed by atoms with E-state index in [1.807, 2.05) is 42.5 Å². The number of benzene rings is 2. The van der Waals surface area contributed by atoms with E-state index in [1.54, 1.807) is 0 Å². The lowest BCUT2D eigenvalue weighted by molar-refractivity contribution is 0.0932. The first-order chi connectivity index (χ1) is 10.1. The fourth-order valence-corrected chi connectivity index (χ4v) is 2.64. The third-order valence-electron chi connectivity index (χ3n) is 3.32. The van der Waals surface area contributed by atoms with E-state index in [4.69, 9.17) is 0 Å². The number of rotatable bonds is 5. The normalized spacial score (nSPS) is 12.2. The van der Waals surface area contributed by atoms with Crippen molar-refractivity contribution in [3.63, 3.8) is 0 Å². The number of halogens is 1. The van der Waals surface area contributed by atoms with Gasteiger partial charge in [0, 0.05) is 9.13 Å². The molecule has 1 amide bonds. The predicted octanol–water partition coefficient (Wildman–Crippen LogP) is 4.81. The molecule has 2 nitrogen and oxygen atoms in total. The number of hydrogen-bond donors (Lipinski definition) is 1. The zero-order chi connectivity index (χ0) is 15.2. The minimum atomic E-state index is -0.0131. The largest absolute Gasteiger partial charge is 0.345 e. The van der Waals surface area contributed by atoms with Gasteiger partial charge in [-0.25, -0.2) is 0 Å². The van der Waals surface area contributed by atoms with Gasteiger partial charge in [-0.2, -0.15) is 0 Å². The van der Waals surface area contributed by atoms with Gasteiger partial charge < -0.3 is 5.32 Å². The molecule has 21 heavy (non-hydrogen) atoms. The molecule has 0 saturated carbocycles. The second-order valence-electron chi connectivity index (χ2n) is 5.57. The highest BCUT2D eigenvalue weighted by molar-refractivity contribution is 14.1. The molecular formula is C18H20INO. The van der Waals surface area contributed by atoms with Crippen LogP contribution < -0.4 is 5.32 Å². The molecule has 0 bridgehead atoms. The zero-order valence-electron chi connectivity index (χ0n) is 12.3. The summed E-state index contributed by atoms with van der Waals surface area (Å²) in [5.74, 6) is 0.508. The van der Waals surface area contributed by atoms with Crippen molar-refractivity contribution in [3.05, 3.63) is 69.3 Å². The lowest BCUT2D eigenvalue weighted by Gasteiger charge is -2.21. The van der Waals surface area contributed by atoms with Crippen molar-refractivity contribution >= 4 is 28.5 Å². The molecule has 1 atom stereocenters. The van der Waals surface area contributed by atoms with Gasteiger partial charge in [0.15, 0.2) is 0 Å². The van der Waals surface area contributed by atoms with E-state index in [1.165, 1.54) is 0 Å². The maximum atomic E-state index is 12.4. The van der Waals surface area contributed by atoms with Crippen molar-refractivity contribution in [1.29, 1.82) is 0 Å². The van der Waals surface area contributed by atoms with Crippen LogP contribution in [0.2, 0.25) is 0 Å². The Balaban J connectivity index is 2.15. The molecule has 0 aliphatic carbocycles. The molecule has 2 aromatic rings. The molecular weight excluding hydrogens is 373 g/mol. The molecule has 1 N–H and O–H groups in total. The van der Waals surface area contributed by atoms with Gasteiger partial charge >= 0.3 is 0 Å². The van der Waals surface area contributed by atoms with Crippen LogP contribution in [0.25, 0.3) is 0 Å². The summed E-state index contributed by atoms with van der Waals surface area (Å²) in [7, 11) is 0. The molecule has 0 heterocycles. The molecule has 0 spiro atoms. The maximum Gasteiger partial charge on any atom is 0.251 e. The topological polar surface area (TPSA) is 29.1 Å². The van der Waals surface area contributed by atoms with E-state index in [-0.39, 0.29) is 11.9 Å². The Morgan fingerprint density at radius 1 is 1.05 bits per heavy atom. The van der Waals surface area contributed by atoms with Crippen molar-refractivity contribution in [1.82, 2.24) is 5.32 Å². The Morgan fingerprint density at radius 2 is 1.67 bits per heavy atom. The lowest BCUT2D eigenvalue weighted by Crippen LogP contribution is -2.29. The van der Waals surface area contributed by atoms with E-state index in [0.717, 1.165) is 15.6 Å². The van der Waals surface area contributed by atoms with Crippen LogP contribution in [0.15, 0.2) is 54.6 Å². The number of carbonyl (C=O) groups is 1. The smallest absolute Gasteiger partial charge is 0.251 e. The molecule has 0 unspecified atom stereocenters. The van der Waals surface area contributed by atoms with E-state index in [9.17, 15) is 4.79 Å². The van der Waals surface area contributed by atoms with E-state index in [2.05, 4.69) is 53.9 Å². The molecule has 0 aromatic heterocycles. The van der Waals surface area contributed by atoms with E-state index in [0.29, 0.717) is 11.5 Å². The predicted molar refractivity (Wildman–Crippen MR) is 95.3 cm³/mol. The Morgan fingerprint density at radius 3 is 2.24 bits per heavy atom. The summed E-state index contributed by atoms with van der Waals surface area (Å²) in [6.45, 7) is 4.35. The summed E-state index contributed by atoms with van der Waals surface area (Å²) < 4.78 is 1.13. The molecule has 110 valence electrons. The zero-order valence-corrected chi connectivity index (χ0v) is 14.5. The average Bonchev–Trinajstić information content (AvgIpc) is 2.47. The van der Waals surface area contributed by atoms with E-state index < -0.39 is 0 Å². The summed E-state index contributed by atoms with van der Waals surface area (Å²) in [5, 5.41) is 3.16. The molecule has 2 aromatic carbocycles. The fourth-order valence-electron chi connectivity index (χ4n) is 2.28. The monoisotopic (exact) mass is 393 g/mol. The highest BCUT2D eigenvalue weighted by atomic mass is 127. The van der Waals surface area contributed by atoms with Crippen molar-refractivity contribution < 1.29 is 4.79 Å². The van der Waals surface area contributed by atoms with Crippen LogP contribution in [-0.4, -0.2) is 5.91 Å². The summed E-state index contributed by atoms with van der Waals surface area (Å²) >= 11 is 2.24. The quantitative estimate of drug-likeness (QED) is 0.726. The van der Waals surface area contributed by atoms with Gasteiger partial charge in [-0.05, 0) is 64.8 Å². The maximum absolute atomic E-state index is 12.4. The highest BCUT2D eigenvalue weighted by Crippen LogP contribution is 2.21. The van der Waals surface area contributed by atoms with Crippen LogP contribution in [0.1, 0.15) is 42.2 Å². The standard InChI is InChI=1S/C18H20INO/c1-13(2)12-17(14-6-4-3-5-7-14)20-18(21)15-8-10-16(19)11-9-15/h3-11,13,17H,12H2,1-2H3,(H,20,21)/t17-/m1/s1. The van der Waals surface area contributed by atoms with Gasteiger partial charge in [-0.3, -0.25) is 4.79 Å². The summed E-state index contributed by atoms with van der Waals surface area (Å²) in [6, 6.07) is 17.9. The van der Waals surface area contributed by atoms with Crippen molar-refractivity contribution in [2.45, 2.75) is 26.3 Å². The average molecular weight is 393 g/mol. The van der Waals surface area contributed by atoms with E-state index >= 15 is 0 Å². The first-order valence-corrected chi connectivity index (χ1v) is 8.25.